The largest absolute Gasteiger partial charge is 0.324 e. The van der Waals surface area contributed by atoms with Gasteiger partial charge < -0.3 is 10.2 Å². The molecule has 2 aromatic carbocycles. The molecular formula is C26H22N6O2S. The number of pyridine rings is 1. The molecule has 0 bridgehead atoms. The molecule has 1 aliphatic heterocycles. The molecule has 3 aromatic heterocycles. The van der Waals surface area contributed by atoms with Crippen LogP contribution in [0.1, 0.15) is 17.1 Å². The summed E-state index contributed by atoms with van der Waals surface area (Å²) < 4.78 is 2.88. The van der Waals surface area contributed by atoms with Crippen LogP contribution >= 0.6 is 11.3 Å². The van der Waals surface area contributed by atoms with Crippen molar-refractivity contribution in [1.82, 2.24) is 19.7 Å². The zero-order valence-electron chi connectivity index (χ0n) is 19.2. The van der Waals surface area contributed by atoms with Crippen LogP contribution in [0.3, 0.4) is 0 Å². The molecule has 8 nitrogen and oxygen atoms in total. The third kappa shape index (κ3) is 3.83. The van der Waals surface area contributed by atoms with Crippen molar-refractivity contribution in [3.63, 3.8) is 0 Å². The summed E-state index contributed by atoms with van der Waals surface area (Å²) in [5.74, 6) is -0.704. The quantitative estimate of drug-likeness (QED) is 0.403. The lowest BCUT2D eigenvalue weighted by Crippen LogP contribution is -2.28. The van der Waals surface area contributed by atoms with Gasteiger partial charge in [0.15, 0.2) is 5.65 Å². The maximum absolute atomic E-state index is 13.1. The first kappa shape index (κ1) is 21.4. The zero-order chi connectivity index (χ0) is 24.1. The normalized spacial score (nSPS) is 15.9. The number of aromatic nitrogens is 4. The summed E-state index contributed by atoms with van der Waals surface area (Å²) in [5.41, 5.74) is 4.70. The topological polar surface area (TPSA) is 93.0 Å². The molecule has 6 rings (SSSR count). The fourth-order valence-electron chi connectivity index (χ4n) is 4.54. The van der Waals surface area contributed by atoms with Crippen molar-refractivity contribution in [2.24, 2.45) is 5.92 Å². The molecule has 0 radical (unpaired) electrons. The second kappa shape index (κ2) is 8.28. The number of carbonyl (C=O) groups excluding carboxylic acids is 2. The molecule has 1 aliphatic rings. The number of aryl methyl sites for hydroxylation is 2. The number of rotatable bonds is 4. The van der Waals surface area contributed by atoms with Crippen LogP contribution < -0.4 is 10.2 Å². The lowest BCUT2D eigenvalue weighted by atomic mass is 10.1. The van der Waals surface area contributed by atoms with Crippen LogP contribution in [0.15, 0.2) is 60.8 Å². The molecular weight excluding hydrogens is 460 g/mol. The van der Waals surface area contributed by atoms with E-state index < -0.39 is 5.92 Å². The van der Waals surface area contributed by atoms with Crippen LogP contribution in [-0.4, -0.2) is 38.1 Å². The van der Waals surface area contributed by atoms with E-state index >= 15 is 0 Å². The van der Waals surface area contributed by atoms with Gasteiger partial charge in [0, 0.05) is 24.0 Å². The number of fused-ring (bicyclic) bond motifs is 2. The Balaban J connectivity index is 1.21. The highest BCUT2D eigenvalue weighted by atomic mass is 32.1. The standard InChI is InChI=1S/C26H22N6O2S/c1-15-21-11-18(13-27-25(21)32(30-15)19-6-4-3-5-7-19)29-26(34)17-10-24(33)31(14-17)20-8-9-23-22(12-20)28-16(2)35-23/h3-9,11-13,17H,10,14H2,1-2H3,(H,29,34). The molecule has 1 saturated heterocycles. The van der Waals surface area contributed by atoms with Crippen LogP contribution in [0.5, 0.6) is 0 Å². The summed E-state index contributed by atoms with van der Waals surface area (Å²) in [5, 5.41) is 9.42. The van der Waals surface area contributed by atoms with E-state index in [1.807, 2.05) is 68.4 Å². The van der Waals surface area contributed by atoms with E-state index in [4.69, 9.17) is 0 Å². The lowest BCUT2D eigenvalue weighted by molar-refractivity contribution is -0.122. The predicted molar refractivity (Wildman–Crippen MR) is 137 cm³/mol. The van der Waals surface area contributed by atoms with Gasteiger partial charge in [-0.15, -0.1) is 11.3 Å². The number of amides is 2. The van der Waals surface area contributed by atoms with Crippen molar-refractivity contribution in [1.29, 1.82) is 0 Å². The number of nitrogens with one attached hydrogen (secondary N) is 1. The molecule has 1 fully saturated rings. The van der Waals surface area contributed by atoms with E-state index in [1.165, 1.54) is 0 Å². The van der Waals surface area contributed by atoms with E-state index in [-0.39, 0.29) is 18.2 Å². The fourth-order valence-corrected chi connectivity index (χ4v) is 5.34. The van der Waals surface area contributed by atoms with Crippen molar-refractivity contribution in [2.75, 3.05) is 16.8 Å². The van der Waals surface area contributed by atoms with Crippen LogP contribution in [0.25, 0.3) is 26.9 Å². The van der Waals surface area contributed by atoms with Crippen molar-refractivity contribution in [3.8, 4) is 5.69 Å². The molecule has 9 heteroatoms. The van der Waals surface area contributed by atoms with Crippen LogP contribution in [0.4, 0.5) is 11.4 Å². The number of nitrogens with zero attached hydrogens (tertiary/aromatic N) is 5. The summed E-state index contributed by atoms with van der Waals surface area (Å²) in [4.78, 5) is 36.6. The van der Waals surface area contributed by atoms with E-state index in [1.54, 1.807) is 27.1 Å². The minimum atomic E-state index is -0.445. The minimum absolute atomic E-state index is 0.0648. The summed E-state index contributed by atoms with van der Waals surface area (Å²) in [6.07, 6.45) is 1.80. The lowest BCUT2D eigenvalue weighted by Gasteiger charge is -2.16. The predicted octanol–water partition coefficient (Wildman–Crippen LogP) is 4.64. The van der Waals surface area contributed by atoms with E-state index in [2.05, 4.69) is 20.4 Å². The first-order valence-electron chi connectivity index (χ1n) is 11.4. The van der Waals surface area contributed by atoms with Gasteiger partial charge in [0.05, 0.1) is 44.4 Å². The summed E-state index contributed by atoms with van der Waals surface area (Å²) in [7, 11) is 0. The van der Waals surface area contributed by atoms with Crippen molar-refractivity contribution >= 4 is 55.8 Å². The Labute approximate surface area is 205 Å². The van der Waals surface area contributed by atoms with Crippen molar-refractivity contribution in [3.05, 3.63) is 71.5 Å². The van der Waals surface area contributed by atoms with E-state index in [9.17, 15) is 9.59 Å². The van der Waals surface area contributed by atoms with Gasteiger partial charge in [-0.1, -0.05) is 18.2 Å². The number of carbonyl (C=O) groups is 2. The van der Waals surface area contributed by atoms with Gasteiger partial charge in [0.2, 0.25) is 11.8 Å². The average molecular weight is 483 g/mol. The highest BCUT2D eigenvalue weighted by molar-refractivity contribution is 7.18. The van der Waals surface area contributed by atoms with Crippen molar-refractivity contribution < 1.29 is 9.59 Å². The molecule has 0 aliphatic carbocycles. The zero-order valence-corrected chi connectivity index (χ0v) is 20.0. The Bertz CT molecular complexity index is 1610. The average Bonchev–Trinajstić information content (AvgIpc) is 3.53. The first-order chi connectivity index (χ1) is 17.0. The molecule has 0 saturated carbocycles. The Kier molecular flexibility index (Phi) is 5.07. The summed E-state index contributed by atoms with van der Waals surface area (Å²) in [6.45, 7) is 4.22. The molecule has 5 aromatic rings. The maximum Gasteiger partial charge on any atom is 0.229 e. The van der Waals surface area contributed by atoms with Gasteiger partial charge in [0.25, 0.3) is 0 Å². The Morgan fingerprint density at radius 3 is 2.74 bits per heavy atom. The fraction of sp³-hybridized carbons (Fsp3) is 0.192. The second-order valence-corrected chi connectivity index (χ2v) is 9.94. The highest BCUT2D eigenvalue weighted by Crippen LogP contribution is 2.31. The number of anilines is 2. The Morgan fingerprint density at radius 2 is 1.91 bits per heavy atom. The SMILES string of the molecule is Cc1nc2cc(N3CC(C(=O)Nc4cnc5c(c4)c(C)nn5-c4ccccc4)CC3=O)ccc2s1. The molecule has 4 heterocycles. The number of hydrogen-bond acceptors (Lipinski definition) is 6. The minimum Gasteiger partial charge on any atom is -0.324 e. The number of hydrogen-bond donors (Lipinski definition) is 1. The smallest absolute Gasteiger partial charge is 0.229 e. The number of para-hydroxylation sites is 1. The molecule has 35 heavy (non-hydrogen) atoms. The monoisotopic (exact) mass is 482 g/mol. The van der Waals surface area contributed by atoms with Crippen LogP contribution in [-0.2, 0) is 9.59 Å². The van der Waals surface area contributed by atoms with Gasteiger partial charge in [-0.05, 0) is 50.2 Å². The molecule has 1 N–H and O–H groups in total. The van der Waals surface area contributed by atoms with Gasteiger partial charge in [-0.2, -0.15) is 5.10 Å². The van der Waals surface area contributed by atoms with Gasteiger partial charge >= 0.3 is 0 Å². The number of benzene rings is 2. The second-order valence-electron chi connectivity index (χ2n) is 8.71. The summed E-state index contributed by atoms with van der Waals surface area (Å²) in [6, 6.07) is 17.5. The number of thiazole rings is 1. The highest BCUT2D eigenvalue weighted by Gasteiger charge is 2.35. The molecule has 1 unspecified atom stereocenters. The van der Waals surface area contributed by atoms with E-state index in [0.29, 0.717) is 12.2 Å². The molecule has 0 spiro atoms. The third-order valence-electron chi connectivity index (χ3n) is 6.26. The van der Waals surface area contributed by atoms with Crippen molar-refractivity contribution in [2.45, 2.75) is 20.3 Å². The maximum atomic E-state index is 13.1. The Morgan fingerprint density at radius 1 is 1.09 bits per heavy atom. The van der Waals surface area contributed by atoms with Gasteiger partial charge in [-0.25, -0.2) is 14.6 Å². The molecule has 1 atom stereocenters. The van der Waals surface area contributed by atoms with Crippen LogP contribution in [0.2, 0.25) is 0 Å². The van der Waals surface area contributed by atoms with Gasteiger partial charge in [0.1, 0.15) is 0 Å². The molecule has 2 amide bonds. The first-order valence-corrected chi connectivity index (χ1v) is 12.2. The Hall–Kier alpha value is -4.11. The summed E-state index contributed by atoms with van der Waals surface area (Å²) >= 11 is 1.62. The van der Waals surface area contributed by atoms with E-state index in [0.717, 1.165) is 43.3 Å². The third-order valence-corrected chi connectivity index (χ3v) is 7.21. The molecule has 174 valence electrons. The van der Waals surface area contributed by atoms with Crippen LogP contribution in [0, 0.1) is 19.8 Å². The van der Waals surface area contributed by atoms with Gasteiger partial charge in [-0.3, -0.25) is 9.59 Å².